The number of aromatic nitrogens is 2. The Labute approximate surface area is 165 Å². The van der Waals surface area contributed by atoms with E-state index in [2.05, 4.69) is 55.0 Å². The van der Waals surface area contributed by atoms with Crippen molar-refractivity contribution in [3.05, 3.63) is 57.0 Å². The Morgan fingerprint density at radius 1 is 1.08 bits per heavy atom. The predicted molar refractivity (Wildman–Crippen MR) is 107 cm³/mol. The Morgan fingerprint density at radius 2 is 1.85 bits per heavy atom. The van der Waals surface area contributed by atoms with Crippen molar-refractivity contribution in [3.63, 3.8) is 0 Å². The van der Waals surface area contributed by atoms with E-state index in [1.807, 2.05) is 41.7 Å². The zero-order chi connectivity index (χ0) is 17.9. The van der Waals surface area contributed by atoms with Crippen LogP contribution in [-0.2, 0) is 6.54 Å². The van der Waals surface area contributed by atoms with Gasteiger partial charge in [0.1, 0.15) is 0 Å². The van der Waals surface area contributed by atoms with Crippen molar-refractivity contribution in [1.29, 1.82) is 0 Å². The van der Waals surface area contributed by atoms with E-state index < -0.39 is 0 Å². The summed E-state index contributed by atoms with van der Waals surface area (Å²) in [6.45, 7) is 7.30. The molecular weight excluding hydrogens is 412 g/mol. The highest BCUT2D eigenvalue weighted by atomic mass is 79.9. The van der Waals surface area contributed by atoms with Crippen molar-refractivity contribution < 1.29 is 4.42 Å². The lowest BCUT2D eigenvalue weighted by molar-refractivity contribution is 0.0881. The maximum Gasteiger partial charge on any atom is 0.247 e. The average molecular weight is 433 g/mol. The Hall–Kier alpha value is -1.54. The molecule has 3 heterocycles. The van der Waals surface area contributed by atoms with E-state index in [9.17, 15) is 0 Å². The molecule has 0 spiro atoms. The second-order valence-corrected chi connectivity index (χ2v) is 9.05. The van der Waals surface area contributed by atoms with E-state index >= 15 is 0 Å². The van der Waals surface area contributed by atoms with Gasteiger partial charge in [-0.15, -0.1) is 21.5 Å². The second-order valence-electron chi connectivity index (χ2n) is 6.51. The summed E-state index contributed by atoms with van der Waals surface area (Å²) in [5.74, 6) is 1.29. The minimum Gasteiger partial charge on any atom is -0.419 e. The topological polar surface area (TPSA) is 45.4 Å². The van der Waals surface area contributed by atoms with Gasteiger partial charge in [0.2, 0.25) is 11.8 Å². The Bertz CT molecular complexity index is 842. The van der Waals surface area contributed by atoms with Crippen LogP contribution in [0.25, 0.3) is 11.5 Å². The molecule has 136 valence electrons. The Balaban J connectivity index is 1.35. The van der Waals surface area contributed by atoms with Crippen molar-refractivity contribution in [1.82, 2.24) is 20.0 Å². The fourth-order valence-electron chi connectivity index (χ4n) is 3.22. The zero-order valence-electron chi connectivity index (χ0n) is 14.6. The number of benzene rings is 1. The number of thiophene rings is 1. The molecule has 26 heavy (non-hydrogen) atoms. The first kappa shape index (κ1) is 17.9. The van der Waals surface area contributed by atoms with Crippen LogP contribution in [0.15, 0.2) is 50.7 Å². The number of hydrogen-bond donors (Lipinski definition) is 0. The summed E-state index contributed by atoms with van der Waals surface area (Å²) in [7, 11) is 0. The SMILES string of the molecule is CC(c1nnc(-c2ccccc2)o1)N1CCN(Cc2ccc(Br)s2)CC1. The maximum absolute atomic E-state index is 5.93. The van der Waals surface area contributed by atoms with E-state index in [1.165, 1.54) is 8.66 Å². The van der Waals surface area contributed by atoms with Crippen LogP contribution < -0.4 is 0 Å². The number of hydrogen-bond acceptors (Lipinski definition) is 6. The summed E-state index contributed by atoms with van der Waals surface area (Å²) >= 11 is 5.35. The van der Waals surface area contributed by atoms with Crippen LogP contribution in [0.2, 0.25) is 0 Å². The molecule has 7 heteroatoms. The average Bonchev–Trinajstić information content (AvgIpc) is 3.32. The molecule has 3 aromatic rings. The largest absolute Gasteiger partial charge is 0.419 e. The van der Waals surface area contributed by atoms with Gasteiger partial charge in [0, 0.05) is 43.2 Å². The third-order valence-electron chi connectivity index (χ3n) is 4.78. The molecular formula is C19H21BrN4OS. The summed E-state index contributed by atoms with van der Waals surface area (Å²) in [6, 6.07) is 14.4. The van der Waals surface area contributed by atoms with Crippen LogP contribution >= 0.6 is 27.3 Å². The minimum absolute atomic E-state index is 0.137. The molecule has 1 saturated heterocycles. The minimum atomic E-state index is 0.137. The van der Waals surface area contributed by atoms with Gasteiger partial charge >= 0.3 is 0 Å². The fourth-order valence-corrected chi connectivity index (χ4v) is 4.75. The van der Waals surface area contributed by atoms with Gasteiger partial charge in [0.25, 0.3) is 0 Å². The van der Waals surface area contributed by atoms with E-state index in [4.69, 9.17) is 4.42 Å². The van der Waals surface area contributed by atoms with Gasteiger partial charge in [-0.3, -0.25) is 9.80 Å². The van der Waals surface area contributed by atoms with Crippen LogP contribution in [0.1, 0.15) is 23.7 Å². The molecule has 0 amide bonds. The first-order valence-corrected chi connectivity index (χ1v) is 10.4. The van der Waals surface area contributed by atoms with Gasteiger partial charge < -0.3 is 4.42 Å². The molecule has 1 aromatic carbocycles. The zero-order valence-corrected chi connectivity index (χ0v) is 17.0. The summed E-state index contributed by atoms with van der Waals surface area (Å²) in [5, 5.41) is 8.50. The Morgan fingerprint density at radius 3 is 2.54 bits per heavy atom. The molecule has 1 unspecified atom stereocenters. The van der Waals surface area contributed by atoms with Crippen LogP contribution in [0, 0.1) is 0 Å². The molecule has 2 aromatic heterocycles. The van der Waals surface area contributed by atoms with E-state index in [1.54, 1.807) is 0 Å². The lowest BCUT2D eigenvalue weighted by Gasteiger charge is -2.36. The van der Waals surface area contributed by atoms with Gasteiger partial charge in [0.05, 0.1) is 9.83 Å². The first-order chi connectivity index (χ1) is 12.7. The smallest absolute Gasteiger partial charge is 0.247 e. The monoisotopic (exact) mass is 432 g/mol. The van der Waals surface area contributed by atoms with Gasteiger partial charge in [-0.1, -0.05) is 18.2 Å². The molecule has 0 N–H and O–H groups in total. The quantitative estimate of drug-likeness (QED) is 0.596. The molecule has 0 aliphatic carbocycles. The lowest BCUT2D eigenvalue weighted by atomic mass is 10.2. The second kappa shape index (κ2) is 8.00. The molecule has 5 nitrogen and oxygen atoms in total. The highest BCUT2D eigenvalue weighted by Crippen LogP contribution is 2.26. The molecule has 1 fully saturated rings. The molecule has 1 aliphatic rings. The fraction of sp³-hybridized carbons (Fsp3) is 0.368. The molecule has 4 rings (SSSR count). The lowest BCUT2D eigenvalue weighted by Crippen LogP contribution is -2.46. The third-order valence-corrected chi connectivity index (χ3v) is 6.39. The van der Waals surface area contributed by atoms with E-state index in [0.29, 0.717) is 11.8 Å². The third kappa shape index (κ3) is 4.06. The van der Waals surface area contributed by atoms with E-state index in [-0.39, 0.29) is 6.04 Å². The van der Waals surface area contributed by atoms with Crippen LogP contribution in [0.5, 0.6) is 0 Å². The molecule has 0 bridgehead atoms. The van der Waals surface area contributed by atoms with Crippen molar-refractivity contribution in [2.45, 2.75) is 19.5 Å². The number of halogens is 1. The highest BCUT2D eigenvalue weighted by Gasteiger charge is 2.26. The maximum atomic E-state index is 5.93. The summed E-state index contributed by atoms with van der Waals surface area (Å²) in [4.78, 5) is 6.33. The van der Waals surface area contributed by atoms with Crippen LogP contribution in [-0.4, -0.2) is 46.2 Å². The number of piperazine rings is 1. The molecule has 0 saturated carbocycles. The first-order valence-electron chi connectivity index (χ1n) is 8.78. The molecule has 1 atom stereocenters. The van der Waals surface area contributed by atoms with Crippen molar-refractivity contribution in [2.75, 3.05) is 26.2 Å². The molecule has 0 radical (unpaired) electrons. The van der Waals surface area contributed by atoms with Crippen molar-refractivity contribution >= 4 is 27.3 Å². The van der Waals surface area contributed by atoms with E-state index in [0.717, 1.165) is 38.3 Å². The van der Waals surface area contributed by atoms with Crippen LogP contribution in [0.4, 0.5) is 0 Å². The van der Waals surface area contributed by atoms with Crippen molar-refractivity contribution in [3.8, 4) is 11.5 Å². The van der Waals surface area contributed by atoms with Crippen LogP contribution in [0.3, 0.4) is 0 Å². The van der Waals surface area contributed by atoms with Crippen molar-refractivity contribution in [2.24, 2.45) is 0 Å². The summed E-state index contributed by atoms with van der Waals surface area (Å²) in [5.41, 5.74) is 0.963. The standard InChI is InChI=1S/C19H21BrN4OS/c1-14(18-21-22-19(25-18)15-5-3-2-4-6-15)24-11-9-23(10-12-24)13-16-7-8-17(20)26-16/h2-8,14H,9-13H2,1H3. The highest BCUT2D eigenvalue weighted by molar-refractivity contribution is 9.11. The van der Waals surface area contributed by atoms with Gasteiger partial charge in [-0.05, 0) is 47.1 Å². The van der Waals surface area contributed by atoms with Gasteiger partial charge in [0.15, 0.2) is 0 Å². The molecule has 1 aliphatic heterocycles. The Kier molecular flexibility index (Phi) is 5.49. The number of rotatable bonds is 5. The van der Waals surface area contributed by atoms with Gasteiger partial charge in [-0.2, -0.15) is 0 Å². The summed E-state index contributed by atoms with van der Waals surface area (Å²) in [6.07, 6.45) is 0. The predicted octanol–water partition coefficient (Wildman–Crippen LogP) is 4.44. The number of nitrogens with zero attached hydrogens (tertiary/aromatic N) is 4. The summed E-state index contributed by atoms with van der Waals surface area (Å²) < 4.78 is 7.13. The normalized spacial score (nSPS) is 17.5. The van der Waals surface area contributed by atoms with Gasteiger partial charge in [-0.25, -0.2) is 0 Å².